The van der Waals surface area contributed by atoms with Crippen LogP contribution in [0.3, 0.4) is 0 Å². The van der Waals surface area contributed by atoms with Crippen molar-refractivity contribution in [3.05, 3.63) is 65.7 Å². The lowest BCUT2D eigenvalue weighted by atomic mass is 9.87. The van der Waals surface area contributed by atoms with Gasteiger partial charge in [0.25, 0.3) is 5.91 Å². The van der Waals surface area contributed by atoms with Crippen molar-refractivity contribution < 1.29 is 19.1 Å². The number of rotatable bonds is 7. The third-order valence-electron chi connectivity index (χ3n) is 7.11. The first-order valence-corrected chi connectivity index (χ1v) is 12.6. The summed E-state index contributed by atoms with van der Waals surface area (Å²) in [5.74, 6) is 0.410. The molecule has 0 saturated carbocycles. The van der Waals surface area contributed by atoms with E-state index in [0.29, 0.717) is 43.7 Å². The van der Waals surface area contributed by atoms with Gasteiger partial charge in [-0.05, 0) is 61.8 Å². The molecule has 0 aliphatic carbocycles. The highest BCUT2D eigenvalue weighted by Gasteiger charge is 2.36. The minimum absolute atomic E-state index is 0.00462. The lowest BCUT2D eigenvalue weighted by Crippen LogP contribution is -2.55. The minimum Gasteiger partial charge on any atom is -0.497 e. The van der Waals surface area contributed by atoms with Crippen molar-refractivity contribution in [1.82, 2.24) is 15.1 Å². The molecule has 2 heterocycles. The zero-order valence-electron chi connectivity index (χ0n) is 20.4. The number of nitrogens with zero attached hydrogens (tertiary/aromatic N) is 2. The molecule has 2 fully saturated rings. The summed E-state index contributed by atoms with van der Waals surface area (Å²) < 4.78 is 5.25. The molecule has 4 rings (SSSR count). The Balaban J connectivity index is 1.43. The standard InChI is InChI=1S/C28H35N3O4/c1-35-24-12-8-11-23(20-24)27(33)29-26(28(34)31-15-6-3-7-16-31)22-13-17-30(18-14-22)25(32)19-21-9-4-2-5-10-21/h2,4-5,8-12,20,22,26H,3,6-7,13-19H2,1H3,(H,29,33)/t26-/m0/s1. The van der Waals surface area contributed by atoms with Gasteiger partial charge in [-0.2, -0.15) is 0 Å². The maximum Gasteiger partial charge on any atom is 0.252 e. The Morgan fingerprint density at radius 1 is 0.914 bits per heavy atom. The van der Waals surface area contributed by atoms with E-state index in [2.05, 4.69) is 5.32 Å². The molecule has 35 heavy (non-hydrogen) atoms. The molecule has 2 aromatic carbocycles. The Hall–Kier alpha value is -3.35. The fraction of sp³-hybridized carbons (Fsp3) is 0.464. The number of hydrogen-bond acceptors (Lipinski definition) is 4. The van der Waals surface area contributed by atoms with Crippen LogP contribution in [-0.4, -0.2) is 66.9 Å². The fourth-order valence-electron chi connectivity index (χ4n) is 5.05. The molecule has 2 aliphatic heterocycles. The van der Waals surface area contributed by atoms with Gasteiger partial charge in [0.2, 0.25) is 11.8 Å². The molecule has 0 bridgehead atoms. The zero-order chi connectivity index (χ0) is 24.6. The van der Waals surface area contributed by atoms with Crippen LogP contribution >= 0.6 is 0 Å². The molecular weight excluding hydrogens is 442 g/mol. The number of likely N-dealkylation sites (tertiary alicyclic amines) is 2. The number of methoxy groups -OCH3 is 1. The van der Waals surface area contributed by atoms with E-state index in [0.717, 1.165) is 37.9 Å². The predicted molar refractivity (Wildman–Crippen MR) is 134 cm³/mol. The molecule has 0 spiro atoms. The summed E-state index contributed by atoms with van der Waals surface area (Å²) in [6, 6.07) is 16.1. The SMILES string of the molecule is COc1cccc(C(=O)N[C@H](C(=O)N2CCCCC2)C2CCN(C(=O)Cc3ccccc3)CC2)c1. The van der Waals surface area contributed by atoms with Crippen LogP contribution in [0.15, 0.2) is 54.6 Å². The molecule has 2 aromatic rings. The average molecular weight is 478 g/mol. The van der Waals surface area contributed by atoms with Crippen LogP contribution in [0.25, 0.3) is 0 Å². The topological polar surface area (TPSA) is 79.0 Å². The fourth-order valence-corrected chi connectivity index (χ4v) is 5.05. The van der Waals surface area contributed by atoms with E-state index in [9.17, 15) is 14.4 Å². The third kappa shape index (κ3) is 6.41. The highest BCUT2D eigenvalue weighted by molar-refractivity contribution is 5.98. The van der Waals surface area contributed by atoms with Gasteiger partial charge in [0.1, 0.15) is 11.8 Å². The molecule has 7 heteroatoms. The van der Waals surface area contributed by atoms with Gasteiger partial charge >= 0.3 is 0 Å². The van der Waals surface area contributed by atoms with E-state index in [-0.39, 0.29) is 23.6 Å². The molecule has 1 N–H and O–H groups in total. The van der Waals surface area contributed by atoms with Gasteiger partial charge in [-0.15, -0.1) is 0 Å². The van der Waals surface area contributed by atoms with Crippen LogP contribution in [0, 0.1) is 5.92 Å². The highest BCUT2D eigenvalue weighted by Crippen LogP contribution is 2.25. The lowest BCUT2D eigenvalue weighted by molar-refractivity contribution is -0.136. The molecule has 3 amide bonds. The Kier molecular flexibility index (Phi) is 8.40. The third-order valence-corrected chi connectivity index (χ3v) is 7.11. The monoisotopic (exact) mass is 477 g/mol. The summed E-state index contributed by atoms with van der Waals surface area (Å²) in [4.78, 5) is 43.3. The Bertz CT molecular complexity index is 1010. The second-order valence-corrected chi connectivity index (χ2v) is 9.45. The number of hydrogen-bond donors (Lipinski definition) is 1. The van der Waals surface area contributed by atoms with Gasteiger partial charge in [0.05, 0.1) is 13.5 Å². The van der Waals surface area contributed by atoms with E-state index in [1.54, 1.807) is 31.4 Å². The summed E-state index contributed by atoms with van der Waals surface area (Å²) >= 11 is 0. The molecule has 0 radical (unpaired) electrons. The van der Waals surface area contributed by atoms with E-state index >= 15 is 0 Å². The maximum atomic E-state index is 13.6. The van der Waals surface area contributed by atoms with E-state index in [4.69, 9.17) is 4.74 Å². The lowest BCUT2D eigenvalue weighted by Gasteiger charge is -2.38. The second kappa shape index (κ2) is 11.9. The number of nitrogens with one attached hydrogen (secondary N) is 1. The summed E-state index contributed by atoms with van der Waals surface area (Å²) in [5.41, 5.74) is 1.47. The number of ether oxygens (including phenoxy) is 1. The number of amides is 3. The van der Waals surface area contributed by atoms with E-state index in [1.165, 1.54) is 0 Å². The molecule has 2 aliphatic rings. The number of carbonyl (C=O) groups excluding carboxylic acids is 3. The number of benzene rings is 2. The quantitative estimate of drug-likeness (QED) is 0.664. The van der Waals surface area contributed by atoms with Gasteiger partial charge in [0, 0.05) is 31.7 Å². The molecule has 0 unspecified atom stereocenters. The smallest absolute Gasteiger partial charge is 0.252 e. The normalized spacial score (nSPS) is 17.5. The van der Waals surface area contributed by atoms with E-state index in [1.807, 2.05) is 40.1 Å². The number of carbonyl (C=O) groups is 3. The maximum absolute atomic E-state index is 13.6. The molecule has 186 valence electrons. The summed E-state index contributed by atoms with van der Waals surface area (Å²) in [5, 5.41) is 3.05. The predicted octanol–water partition coefficient (Wildman–Crippen LogP) is 3.29. The summed E-state index contributed by atoms with van der Waals surface area (Å²) in [7, 11) is 1.56. The van der Waals surface area contributed by atoms with E-state index < -0.39 is 6.04 Å². The van der Waals surface area contributed by atoms with Gasteiger partial charge in [-0.25, -0.2) is 0 Å². The molecule has 1 atom stereocenters. The van der Waals surface area contributed by atoms with Crippen molar-refractivity contribution in [1.29, 1.82) is 0 Å². The highest BCUT2D eigenvalue weighted by atomic mass is 16.5. The van der Waals surface area contributed by atoms with Gasteiger partial charge in [-0.3, -0.25) is 14.4 Å². The van der Waals surface area contributed by atoms with Crippen LogP contribution in [0.4, 0.5) is 0 Å². The second-order valence-electron chi connectivity index (χ2n) is 9.45. The Morgan fingerprint density at radius 2 is 1.63 bits per heavy atom. The van der Waals surface area contributed by atoms with Crippen LogP contribution in [0.1, 0.15) is 48.0 Å². The number of piperidine rings is 2. The average Bonchev–Trinajstić information content (AvgIpc) is 2.92. The molecular formula is C28H35N3O4. The van der Waals surface area contributed by atoms with Crippen molar-refractivity contribution in [3.63, 3.8) is 0 Å². The van der Waals surface area contributed by atoms with Crippen molar-refractivity contribution in [2.45, 2.75) is 44.6 Å². The Morgan fingerprint density at radius 3 is 2.31 bits per heavy atom. The van der Waals surface area contributed by atoms with Crippen LogP contribution in [-0.2, 0) is 16.0 Å². The largest absolute Gasteiger partial charge is 0.497 e. The van der Waals surface area contributed by atoms with Gasteiger partial charge in [-0.1, -0.05) is 36.4 Å². The first kappa shape index (κ1) is 24.8. The molecule has 0 aromatic heterocycles. The van der Waals surface area contributed by atoms with Crippen LogP contribution < -0.4 is 10.1 Å². The van der Waals surface area contributed by atoms with Crippen molar-refractivity contribution in [2.24, 2.45) is 5.92 Å². The van der Waals surface area contributed by atoms with Crippen molar-refractivity contribution in [3.8, 4) is 5.75 Å². The van der Waals surface area contributed by atoms with Crippen LogP contribution in [0.5, 0.6) is 5.75 Å². The Labute approximate surface area is 207 Å². The first-order valence-electron chi connectivity index (χ1n) is 12.6. The molecule has 2 saturated heterocycles. The van der Waals surface area contributed by atoms with Crippen molar-refractivity contribution >= 4 is 17.7 Å². The zero-order valence-corrected chi connectivity index (χ0v) is 20.4. The minimum atomic E-state index is -0.599. The molecule has 7 nitrogen and oxygen atoms in total. The van der Waals surface area contributed by atoms with Crippen molar-refractivity contribution in [2.75, 3.05) is 33.3 Å². The summed E-state index contributed by atoms with van der Waals surface area (Å²) in [6.45, 7) is 2.65. The first-order chi connectivity index (χ1) is 17.0. The van der Waals surface area contributed by atoms with Gasteiger partial charge < -0.3 is 19.9 Å². The van der Waals surface area contributed by atoms with Gasteiger partial charge in [0.15, 0.2) is 0 Å². The van der Waals surface area contributed by atoms with Crippen LogP contribution in [0.2, 0.25) is 0 Å². The summed E-state index contributed by atoms with van der Waals surface area (Å²) in [6.07, 6.45) is 4.87.